The highest BCUT2D eigenvalue weighted by atomic mass is 35.5. The summed E-state index contributed by atoms with van der Waals surface area (Å²) in [6.45, 7) is 6.87. The molecular weight excluding hydrogens is 464 g/mol. The third-order valence-electron chi connectivity index (χ3n) is 7.72. The van der Waals surface area contributed by atoms with Crippen LogP contribution in [0, 0.1) is 16.7 Å². The van der Waals surface area contributed by atoms with Crippen LogP contribution < -0.4 is 9.80 Å². The van der Waals surface area contributed by atoms with Crippen LogP contribution in [0.4, 0.5) is 11.8 Å². The Kier molecular flexibility index (Phi) is 4.78. The SMILES string of the molecule is N#Cc1ccnc(N2CC3(C2)CN(c2nnc4n2-c2ccc(Cl)cc2CN([C@@H]2CCOC2)C4)C3)c1. The minimum atomic E-state index is 0.234. The Balaban J connectivity index is 1.13. The number of hydrogen-bond acceptors (Lipinski definition) is 8. The molecule has 0 amide bonds. The number of pyridine rings is 1. The van der Waals surface area contributed by atoms with E-state index in [4.69, 9.17) is 16.3 Å². The Morgan fingerprint density at radius 1 is 1.06 bits per heavy atom. The van der Waals surface area contributed by atoms with E-state index in [1.807, 2.05) is 12.1 Å². The standard InChI is InChI=1S/C25H25ClN8O/c26-19-1-2-21-18(8-19)10-31(20-4-6-35-12-20)11-23-29-30-24(34(21)23)33-15-25(16-33)13-32(14-25)22-7-17(9-27)3-5-28-22/h1-3,5,7-8,20H,4,6,10-16H2/t20-/m1/s1. The Labute approximate surface area is 208 Å². The fraction of sp³-hybridized carbons (Fsp3) is 0.440. The number of fused-ring (bicyclic) bond motifs is 3. The lowest BCUT2D eigenvalue weighted by molar-refractivity contribution is 0.133. The molecule has 35 heavy (non-hydrogen) atoms. The maximum absolute atomic E-state index is 9.18. The topological polar surface area (TPSA) is 86.3 Å². The molecule has 3 aromatic rings. The number of nitrogens with zero attached hydrogens (tertiary/aromatic N) is 8. The Morgan fingerprint density at radius 3 is 2.71 bits per heavy atom. The number of halogens is 1. The molecule has 178 valence electrons. The van der Waals surface area contributed by atoms with Crippen molar-refractivity contribution in [2.45, 2.75) is 25.6 Å². The molecule has 1 atom stereocenters. The van der Waals surface area contributed by atoms with Gasteiger partial charge in [-0.25, -0.2) is 4.98 Å². The van der Waals surface area contributed by atoms with Gasteiger partial charge in [0, 0.05) is 62.0 Å². The van der Waals surface area contributed by atoms with Crippen LogP contribution in [0.15, 0.2) is 36.5 Å². The van der Waals surface area contributed by atoms with E-state index in [1.54, 1.807) is 12.3 Å². The van der Waals surface area contributed by atoms with Crippen molar-refractivity contribution in [3.05, 3.63) is 58.5 Å². The van der Waals surface area contributed by atoms with Gasteiger partial charge < -0.3 is 14.5 Å². The van der Waals surface area contributed by atoms with Gasteiger partial charge in [0.05, 0.1) is 30.5 Å². The molecule has 7 rings (SSSR count). The number of benzene rings is 1. The molecule has 4 aliphatic rings. The first-order valence-corrected chi connectivity index (χ1v) is 12.4. The van der Waals surface area contributed by atoms with Crippen molar-refractivity contribution in [3.63, 3.8) is 0 Å². The molecule has 1 aromatic carbocycles. The summed E-state index contributed by atoms with van der Waals surface area (Å²) in [6, 6.07) is 12.3. The number of aromatic nitrogens is 4. The zero-order valence-corrected chi connectivity index (χ0v) is 20.0. The van der Waals surface area contributed by atoms with E-state index in [2.05, 4.69) is 52.7 Å². The smallest absolute Gasteiger partial charge is 0.231 e. The zero-order valence-electron chi connectivity index (χ0n) is 19.3. The Morgan fingerprint density at radius 2 is 1.91 bits per heavy atom. The van der Waals surface area contributed by atoms with E-state index in [0.717, 1.165) is 87.2 Å². The minimum Gasteiger partial charge on any atom is -0.380 e. The van der Waals surface area contributed by atoms with Crippen LogP contribution >= 0.6 is 11.6 Å². The van der Waals surface area contributed by atoms with E-state index >= 15 is 0 Å². The molecule has 6 heterocycles. The third kappa shape index (κ3) is 3.47. The summed E-state index contributed by atoms with van der Waals surface area (Å²) in [7, 11) is 0. The predicted molar refractivity (Wildman–Crippen MR) is 131 cm³/mol. The molecule has 0 radical (unpaired) electrons. The lowest BCUT2D eigenvalue weighted by Gasteiger charge is -2.60. The van der Waals surface area contributed by atoms with E-state index in [-0.39, 0.29) is 5.41 Å². The minimum absolute atomic E-state index is 0.234. The summed E-state index contributed by atoms with van der Waals surface area (Å²) < 4.78 is 7.90. The average molecular weight is 489 g/mol. The Hall–Kier alpha value is -3.19. The second kappa shape index (κ2) is 7.92. The van der Waals surface area contributed by atoms with Crippen molar-refractivity contribution in [1.82, 2.24) is 24.6 Å². The van der Waals surface area contributed by atoms with Crippen molar-refractivity contribution in [2.24, 2.45) is 5.41 Å². The van der Waals surface area contributed by atoms with Crippen LogP contribution in [0.5, 0.6) is 0 Å². The maximum atomic E-state index is 9.18. The summed E-state index contributed by atoms with van der Waals surface area (Å²) in [5.74, 6) is 2.75. The van der Waals surface area contributed by atoms with Gasteiger partial charge in [0.2, 0.25) is 5.95 Å². The van der Waals surface area contributed by atoms with Gasteiger partial charge in [-0.15, -0.1) is 10.2 Å². The lowest BCUT2D eigenvalue weighted by atomic mass is 9.73. The van der Waals surface area contributed by atoms with Gasteiger partial charge in [-0.1, -0.05) is 11.6 Å². The van der Waals surface area contributed by atoms with Crippen LogP contribution in [0.3, 0.4) is 0 Å². The predicted octanol–water partition coefficient (Wildman–Crippen LogP) is 2.62. The van der Waals surface area contributed by atoms with Crippen LogP contribution in [0.25, 0.3) is 5.69 Å². The summed E-state index contributed by atoms with van der Waals surface area (Å²) in [5, 5.41) is 19.2. The van der Waals surface area contributed by atoms with E-state index in [0.29, 0.717) is 11.6 Å². The number of anilines is 2. The fourth-order valence-electron chi connectivity index (χ4n) is 5.98. The number of ether oxygens (including phenoxy) is 1. The second-order valence-electron chi connectivity index (χ2n) is 10.2. The summed E-state index contributed by atoms with van der Waals surface area (Å²) in [6.07, 6.45) is 2.75. The van der Waals surface area contributed by atoms with E-state index < -0.39 is 0 Å². The molecule has 3 fully saturated rings. The van der Waals surface area contributed by atoms with E-state index in [1.165, 1.54) is 5.56 Å². The highest BCUT2D eigenvalue weighted by molar-refractivity contribution is 6.30. The fourth-order valence-corrected chi connectivity index (χ4v) is 6.17. The molecule has 0 bridgehead atoms. The highest BCUT2D eigenvalue weighted by Gasteiger charge is 2.53. The third-order valence-corrected chi connectivity index (χ3v) is 7.96. The van der Waals surface area contributed by atoms with Crippen LogP contribution in [0.1, 0.15) is 23.4 Å². The van der Waals surface area contributed by atoms with Crippen molar-refractivity contribution in [3.8, 4) is 11.8 Å². The average Bonchev–Trinajstić information content (AvgIpc) is 3.45. The first-order valence-electron chi connectivity index (χ1n) is 12.0. The molecule has 0 N–H and O–H groups in total. The maximum Gasteiger partial charge on any atom is 0.231 e. The lowest BCUT2D eigenvalue weighted by Crippen LogP contribution is -2.73. The number of rotatable bonds is 3. The normalized spacial score (nSPS) is 22.7. The quantitative estimate of drug-likeness (QED) is 0.556. The molecule has 0 aliphatic carbocycles. The molecule has 9 nitrogen and oxygen atoms in total. The molecule has 4 aliphatic heterocycles. The van der Waals surface area contributed by atoms with Crippen molar-refractivity contribution in [2.75, 3.05) is 49.2 Å². The van der Waals surface area contributed by atoms with Crippen LogP contribution in [-0.4, -0.2) is 70.1 Å². The molecule has 3 saturated heterocycles. The number of hydrogen-bond donors (Lipinski definition) is 0. The largest absolute Gasteiger partial charge is 0.380 e. The molecule has 10 heteroatoms. The van der Waals surface area contributed by atoms with Crippen molar-refractivity contribution < 1.29 is 4.74 Å². The van der Waals surface area contributed by atoms with Gasteiger partial charge >= 0.3 is 0 Å². The molecule has 0 unspecified atom stereocenters. The van der Waals surface area contributed by atoms with Crippen LogP contribution in [-0.2, 0) is 17.8 Å². The van der Waals surface area contributed by atoms with Gasteiger partial charge in [0.15, 0.2) is 5.82 Å². The molecular formula is C25H25ClN8O. The summed E-state index contributed by atoms with van der Waals surface area (Å²) in [4.78, 5) is 11.5. The monoisotopic (exact) mass is 488 g/mol. The van der Waals surface area contributed by atoms with Crippen molar-refractivity contribution >= 4 is 23.4 Å². The molecule has 1 spiro atoms. The first-order chi connectivity index (χ1) is 17.1. The molecule has 2 aromatic heterocycles. The van der Waals surface area contributed by atoms with Gasteiger partial charge in [0.25, 0.3) is 0 Å². The van der Waals surface area contributed by atoms with E-state index in [9.17, 15) is 5.26 Å². The van der Waals surface area contributed by atoms with Crippen LogP contribution in [0.2, 0.25) is 5.02 Å². The first kappa shape index (κ1) is 21.1. The van der Waals surface area contributed by atoms with Gasteiger partial charge in [-0.3, -0.25) is 9.47 Å². The van der Waals surface area contributed by atoms with Gasteiger partial charge in [-0.05, 0) is 42.3 Å². The summed E-state index contributed by atoms with van der Waals surface area (Å²) >= 11 is 6.40. The number of nitriles is 1. The van der Waals surface area contributed by atoms with Gasteiger partial charge in [-0.2, -0.15) is 5.26 Å². The zero-order chi connectivity index (χ0) is 23.6. The summed E-state index contributed by atoms with van der Waals surface area (Å²) in [5.41, 5.74) is 3.18. The van der Waals surface area contributed by atoms with Crippen molar-refractivity contribution in [1.29, 1.82) is 5.26 Å². The highest BCUT2D eigenvalue weighted by Crippen LogP contribution is 2.44. The Bertz CT molecular complexity index is 1330. The van der Waals surface area contributed by atoms with Gasteiger partial charge in [0.1, 0.15) is 5.82 Å². The second-order valence-corrected chi connectivity index (χ2v) is 10.6. The molecule has 0 saturated carbocycles.